The van der Waals surface area contributed by atoms with Crippen molar-refractivity contribution in [3.8, 4) is 5.75 Å². The van der Waals surface area contributed by atoms with Gasteiger partial charge in [0.2, 0.25) is 0 Å². The summed E-state index contributed by atoms with van der Waals surface area (Å²) in [5.41, 5.74) is 6.50. The molecule has 0 aromatic heterocycles. The van der Waals surface area contributed by atoms with Crippen LogP contribution in [0.3, 0.4) is 0 Å². The van der Waals surface area contributed by atoms with E-state index in [1.54, 1.807) is 31.4 Å². The number of benzene rings is 2. The zero-order chi connectivity index (χ0) is 17.6. The predicted octanol–water partition coefficient (Wildman–Crippen LogP) is 3.93. The number of nitrogens with one attached hydrogen (secondary N) is 2. The first-order valence-corrected chi connectivity index (χ1v) is 8.07. The fraction of sp³-hybridized carbons (Fsp3) is 0.0500. The van der Waals surface area contributed by atoms with E-state index in [9.17, 15) is 4.79 Å². The highest BCUT2D eigenvalue weighted by Gasteiger charge is 2.09. The maximum atomic E-state index is 12.2. The van der Waals surface area contributed by atoms with Crippen molar-refractivity contribution in [3.63, 3.8) is 0 Å². The fourth-order valence-electron chi connectivity index (χ4n) is 2.35. The van der Waals surface area contributed by atoms with Gasteiger partial charge in [-0.25, -0.2) is 0 Å². The number of allylic oxidation sites excluding steroid dienone is 3. The molecule has 0 aliphatic heterocycles. The van der Waals surface area contributed by atoms with Gasteiger partial charge in [0.1, 0.15) is 5.75 Å². The minimum atomic E-state index is -0.277. The number of amides is 1. The van der Waals surface area contributed by atoms with Crippen LogP contribution in [-0.2, 0) is 0 Å². The molecule has 124 valence electrons. The van der Waals surface area contributed by atoms with Crippen LogP contribution in [0, 0.1) is 0 Å². The van der Waals surface area contributed by atoms with Crippen molar-refractivity contribution in [2.24, 2.45) is 0 Å². The molecular weight excluding hydrogens is 332 g/mol. The summed E-state index contributed by atoms with van der Waals surface area (Å²) in [6, 6.07) is 14.6. The van der Waals surface area contributed by atoms with Crippen molar-refractivity contribution >= 4 is 34.5 Å². The number of methoxy groups -OCH3 is 1. The molecule has 5 heteroatoms. The third kappa shape index (κ3) is 4.23. The third-order valence-electron chi connectivity index (χ3n) is 3.61. The van der Waals surface area contributed by atoms with Gasteiger partial charge < -0.3 is 10.1 Å². The lowest BCUT2D eigenvalue weighted by Crippen LogP contribution is -2.34. The van der Waals surface area contributed by atoms with Crippen molar-refractivity contribution in [2.75, 3.05) is 12.4 Å². The second-order valence-corrected chi connectivity index (χ2v) is 5.71. The van der Waals surface area contributed by atoms with Gasteiger partial charge in [-0.2, -0.15) is 0 Å². The molecule has 0 heterocycles. The summed E-state index contributed by atoms with van der Waals surface area (Å²) in [6.45, 7) is 0. The molecule has 0 atom stereocenters. The third-order valence-corrected chi connectivity index (χ3v) is 3.81. The average molecular weight is 348 g/mol. The number of carbonyl (C=O) groups excluding carboxylic acids is 1. The number of rotatable bonds is 4. The Bertz CT molecular complexity index is 908. The number of carbonyl (C=O) groups is 1. The van der Waals surface area contributed by atoms with E-state index in [-0.39, 0.29) is 11.0 Å². The van der Waals surface area contributed by atoms with Gasteiger partial charge in [0.05, 0.1) is 7.11 Å². The highest BCUT2D eigenvalue weighted by molar-refractivity contribution is 7.80. The van der Waals surface area contributed by atoms with Crippen molar-refractivity contribution in [1.29, 1.82) is 0 Å². The van der Waals surface area contributed by atoms with Gasteiger partial charge >= 0.3 is 0 Å². The molecule has 0 unspecified atom stereocenters. The second-order valence-electron chi connectivity index (χ2n) is 5.30. The molecule has 0 fully saturated rings. The molecule has 2 N–H and O–H groups in total. The second kappa shape index (κ2) is 7.62. The van der Waals surface area contributed by atoms with Gasteiger partial charge in [-0.15, -0.1) is 5.73 Å². The van der Waals surface area contributed by atoms with Crippen LogP contribution in [0.2, 0.25) is 0 Å². The molecule has 0 spiro atoms. The van der Waals surface area contributed by atoms with Gasteiger partial charge in [-0.1, -0.05) is 18.2 Å². The monoisotopic (exact) mass is 348 g/mol. The van der Waals surface area contributed by atoms with Gasteiger partial charge in [0, 0.05) is 16.8 Å². The summed E-state index contributed by atoms with van der Waals surface area (Å²) in [5, 5.41) is 5.94. The highest BCUT2D eigenvalue weighted by Crippen LogP contribution is 2.21. The minimum Gasteiger partial charge on any atom is -0.497 e. The SMILES string of the molecule is COc1ccc(C(=O)NC(=S)Nc2cccc(C3=C=CC=C3)c2)cc1. The molecule has 2 aromatic carbocycles. The minimum absolute atomic E-state index is 0.240. The van der Waals surface area contributed by atoms with Gasteiger partial charge in [0.25, 0.3) is 5.91 Å². The summed E-state index contributed by atoms with van der Waals surface area (Å²) >= 11 is 5.23. The first-order valence-electron chi connectivity index (χ1n) is 7.66. The van der Waals surface area contributed by atoms with Crippen LogP contribution in [0.4, 0.5) is 5.69 Å². The van der Waals surface area contributed by atoms with Crippen LogP contribution in [0.5, 0.6) is 5.75 Å². The molecule has 0 saturated heterocycles. The quantitative estimate of drug-likeness (QED) is 0.649. The smallest absolute Gasteiger partial charge is 0.257 e. The Labute approximate surface area is 151 Å². The van der Waals surface area contributed by atoms with Crippen molar-refractivity contribution in [2.45, 2.75) is 0 Å². The first-order chi connectivity index (χ1) is 12.2. The average Bonchev–Trinajstić information content (AvgIpc) is 3.16. The van der Waals surface area contributed by atoms with Crippen molar-refractivity contribution < 1.29 is 9.53 Å². The molecule has 3 rings (SSSR count). The molecule has 1 aliphatic rings. The lowest BCUT2D eigenvalue weighted by atomic mass is 10.1. The number of thiocarbonyl (C=S) groups is 1. The lowest BCUT2D eigenvalue weighted by Gasteiger charge is -2.11. The van der Waals surface area contributed by atoms with Crippen LogP contribution < -0.4 is 15.4 Å². The number of anilines is 1. The zero-order valence-corrected chi connectivity index (χ0v) is 14.4. The van der Waals surface area contributed by atoms with Crippen LogP contribution in [-0.4, -0.2) is 18.1 Å². The number of hydrogen-bond acceptors (Lipinski definition) is 3. The molecule has 2 aromatic rings. The van der Waals surface area contributed by atoms with E-state index in [1.807, 2.05) is 42.5 Å². The van der Waals surface area contributed by atoms with Gasteiger partial charge in [-0.05, 0) is 66.3 Å². The molecule has 0 saturated carbocycles. The van der Waals surface area contributed by atoms with Crippen LogP contribution in [0.25, 0.3) is 5.57 Å². The van der Waals surface area contributed by atoms with E-state index >= 15 is 0 Å². The Morgan fingerprint density at radius 1 is 1.16 bits per heavy atom. The topological polar surface area (TPSA) is 50.4 Å². The number of hydrogen-bond donors (Lipinski definition) is 2. The maximum absolute atomic E-state index is 12.2. The van der Waals surface area contributed by atoms with E-state index in [1.165, 1.54) is 0 Å². The van der Waals surface area contributed by atoms with Crippen molar-refractivity contribution in [3.05, 3.63) is 83.6 Å². The normalized spacial score (nSPS) is 11.8. The first kappa shape index (κ1) is 16.7. The Morgan fingerprint density at radius 2 is 1.96 bits per heavy atom. The van der Waals surface area contributed by atoms with Crippen LogP contribution in [0.1, 0.15) is 15.9 Å². The Kier molecular flexibility index (Phi) is 5.09. The molecule has 0 radical (unpaired) electrons. The van der Waals surface area contributed by atoms with Crippen molar-refractivity contribution in [1.82, 2.24) is 5.32 Å². The van der Waals surface area contributed by atoms with E-state index in [0.717, 1.165) is 16.8 Å². The van der Waals surface area contributed by atoms with Gasteiger partial charge in [0.15, 0.2) is 5.11 Å². The summed E-state index contributed by atoms with van der Waals surface area (Å²) in [5.74, 6) is 0.416. The van der Waals surface area contributed by atoms with E-state index in [4.69, 9.17) is 17.0 Å². The van der Waals surface area contributed by atoms with E-state index in [0.29, 0.717) is 11.3 Å². The molecule has 1 aliphatic carbocycles. The summed E-state index contributed by atoms with van der Waals surface area (Å²) in [7, 11) is 1.58. The van der Waals surface area contributed by atoms with Crippen LogP contribution in [0.15, 0.2) is 72.5 Å². The molecule has 1 amide bonds. The van der Waals surface area contributed by atoms with E-state index < -0.39 is 0 Å². The Hall–Kier alpha value is -3.14. The molecule has 0 bridgehead atoms. The maximum Gasteiger partial charge on any atom is 0.257 e. The zero-order valence-electron chi connectivity index (χ0n) is 13.6. The summed E-state index contributed by atoms with van der Waals surface area (Å²) in [6.07, 6.45) is 5.80. The Morgan fingerprint density at radius 3 is 2.64 bits per heavy atom. The van der Waals surface area contributed by atoms with E-state index in [2.05, 4.69) is 16.4 Å². The standard InChI is InChI=1S/C20H16N2O2S/c1-24-18-11-9-15(10-12-18)19(23)22-20(25)21-17-8-4-7-16(13-17)14-5-2-3-6-14/h2-5,7-13H,1H3,(H2,21,22,23,25). The Balaban J connectivity index is 1.64. The molecule has 25 heavy (non-hydrogen) atoms. The van der Waals surface area contributed by atoms with Gasteiger partial charge in [-0.3, -0.25) is 10.1 Å². The fourth-order valence-corrected chi connectivity index (χ4v) is 2.56. The highest BCUT2D eigenvalue weighted by atomic mass is 32.1. The number of ether oxygens (including phenoxy) is 1. The van der Waals surface area contributed by atoms with Crippen LogP contribution >= 0.6 is 12.2 Å². The summed E-state index contributed by atoms with van der Waals surface area (Å²) in [4.78, 5) is 12.2. The predicted molar refractivity (Wildman–Crippen MR) is 104 cm³/mol. The molecule has 4 nitrogen and oxygen atoms in total. The molecular formula is C20H16N2O2S. The largest absolute Gasteiger partial charge is 0.497 e. The lowest BCUT2D eigenvalue weighted by molar-refractivity contribution is 0.0977. The summed E-state index contributed by atoms with van der Waals surface area (Å²) < 4.78 is 5.08.